The maximum atomic E-state index is 6.32. The molecule has 0 aromatic heterocycles. The van der Waals surface area contributed by atoms with Crippen molar-refractivity contribution in [3.8, 4) is 0 Å². The summed E-state index contributed by atoms with van der Waals surface area (Å²) in [5, 5.41) is 0. The van der Waals surface area contributed by atoms with E-state index in [1.807, 2.05) is 12.1 Å². The Hall–Kier alpha value is -1.12. The molecule has 1 aliphatic carbocycles. The van der Waals surface area contributed by atoms with Gasteiger partial charge in [-0.15, -0.1) is 0 Å². The molecule has 0 bridgehead atoms. The van der Waals surface area contributed by atoms with Crippen LogP contribution in [0.15, 0.2) is 46.9 Å². The van der Waals surface area contributed by atoms with Crippen LogP contribution in [0.5, 0.6) is 0 Å². The summed E-state index contributed by atoms with van der Waals surface area (Å²) in [7, 11) is 0. The Labute approximate surface area is 123 Å². The van der Waals surface area contributed by atoms with Crippen LogP contribution < -0.4 is 5.73 Å². The first kappa shape index (κ1) is 12.9. The second-order valence-electron chi connectivity index (χ2n) is 5.32. The lowest BCUT2D eigenvalue weighted by atomic mass is 9.97. The van der Waals surface area contributed by atoms with E-state index in [0.717, 1.165) is 10.9 Å². The van der Waals surface area contributed by atoms with E-state index in [0.29, 0.717) is 0 Å². The maximum absolute atomic E-state index is 6.32. The van der Waals surface area contributed by atoms with E-state index in [4.69, 9.17) is 5.73 Å². The van der Waals surface area contributed by atoms with Crippen LogP contribution in [0.3, 0.4) is 0 Å². The number of benzene rings is 2. The summed E-state index contributed by atoms with van der Waals surface area (Å²) in [6.45, 7) is 0. The number of nitrogens with two attached hydrogens (primary N) is 1. The van der Waals surface area contributed by atoms with Crippen molar-refractivity contribution >= 4 is 15.9 Å². The van der Waals surface area contributed by atoms with Crippen molar-refractivity contribution in [2.24, 2.45) is 5.73 Å². The summed E-state index contributed by atoms with van der Waals surface area (Å²) in [4.78, 5) is 0. The van der Waals surface area contributed by atoms with Gasteiger partial charge in [0.1, 0.15) is 0 Å². The minimum atomic E-state index is 0.0666. The van der Waals surface area contributed by atoms with Gasteiger partial charge in [0.25, 0.3) is 0 Å². The van der Waals surface area contributed by atoms with Crippen molar-refractivity contribution in [1.29, 1.82) is 0 Å². The Kier molecular flexibility index (Phi) is 3.72. The molecule has 0 radical (unpaired) electrons. The highest BCUT2D eigenvalue weighted by Gasteiger charge is 2.13. The molecule has 3 rings (SSSR count). The highest BCUT2D eigenvalue weighted by atomic mass is 79.9. The largest absolute Gasteiger partial charge is 0.324 e. The molecule has 1 aliphatic rings. The topological polar surface area (TPSA) is 26.0 Å². The number of hydrogen-bond donors (Lipinski definition) is 1. The number of halogens is 1. The van der Waals surface area contributed by atoms with Gasteiger partial charge >= 0.3 is 0 Å². The first-order valence-corrected chi connectivity index (χ1v) is 7.63. The van der Waals surface area contributed by atoms with E-state index in [1.165, 1.54) is 41.5 Å². The average Bonchev–Trinajstić information content (AvgIpc) is 2.86. The summed E-state index contributed by atoms with van der Waals surface area (Å²) >= 11 is 3.50. The van der Waals surface area contributed by atoms with E-state index in [1.54, 1.807) is 0 Å². The van der Waals surface area contributed by atoms with Gasteiger partial charge < -0.3 is 5.73 Å². The summed E-state index contributed by atoms with van der Waals surface area (Å²) in [6.07, 6.45) is 4.68. The molecule has 0 aliphatic heterocycles. The number of aryl methyl sites for hydroxylation is 2. The van der Waals surface area contributed by atoms with Crippen LogP contribution in [-0.4, -0.2) is 0 Å². The Morgan fingerprint density at radius 3 is 2.74 bits per heavy atom. The van der Waals surface area contributed by atoms with Gasteiger partial charge in [-0.25, -0.2) is 0 Å². The summed E-state index contributed by atoms with van der Waals surface area (Å²) in [5.41, 5.74) is 11.9. The second kappa shape index (κ2) is 5.48. The monoisotopic (exact) mass is 315 g/mol. The zero-order valence-electron chi connectivity index (χ0n) is 10.9. The first-order valence-electron chi connectivity index (χ1n) is 6.84. The van der Waals surface area contributed by atoms with E-state index < -0.39 is 0 Å². The molecule has 98 valence electrons. The minimum absolute atomic E-state index is 0.0666. The van der Waals surface area contributed by atoms with Crippen molar-refractivity contribution < 1.29 is 0 Å². The van der Waals surface area contributed by atoms with Gasteiger partial charge in [-0.3, -0.25) is 0 Å². The van der Waals surface area contributed by atoms with Crippen molar-refractivity contribution in [3.63, 3.8) is 0 Å². The van der Waals surface area contributed by atoms with E-state index in [2.05, 4.69) is 46.3 Å². The molecule has 1 atom stereocenters. The van der Waals surface area contributed by atoms with Crippen LogP contribution in [0.2, 0.25) is 0 Å². The summed E-state index contributed by atoms with van der Waals surface area (Å²) in [6, 6.07) is 15.2. The standard InChI is InChI=1S/C17H18BrN/c18-16-6-2-5-15(11-16)17(19)10-12-7-8-13-3-1-4-14(13)9-12/h2,5-9,11,17H,1,3-4,10,19H2. The molecule has 1 unspecified atom stereocenters. The van der Waals surface area contributed by atoms with Crippen molar-refractivity contribution in [2.45, 2.75) is 31.7 Å². The molecule has 19 heavy (non-hydrogen) atoms. The Balaban J connectivity index is 1.77. The van der Waals surface area contributed by atoms with Crippen LogP contribution >= 0.6 is 15.9 Å². The fourth-order valence-corrected chi connectivity index (χ4v) is 3.28. The number of fused-ring (bicyclic) bond motifs is 1. The lowest BCUT2D eigenvalue weighted by molar-refractivity contribution is 0.721. The van der Waals surface area contributed by atoms with Crippen LogP contribution in [-0.2, 0) is 19.3 Å². The van der Waals surface area contributed by atoms with Gasteiger partial charge in [0.2, 0.25) is 0 Å². The quantitative estimate of drug-likeness (QED) is 0.903. The van der Waals surface area contributed by atoms with Gasteiger partial charge in [0, 0.05) is 10.5 Å². The third-order valence-corrected chi connectivity index (χ3v) is 4.39. The molecular formula is C17H18BrN. The molecule has 0 spiro atoms. The van der Waals surface area contributed by atoms with Gasteiger partial charge in [-0.05, 0) is 60.1 Å². The van der Waals surface area contributed by atoms with Gasteiger partial charge in [-0.2, -0.15) is 0 Å². The molecule has 2 aromatic carbocycles. The number of rotatable bonds is 3. The molecule has 0 amide bonds. The minimum Gasteiger partial charge on any atom is -0.324 e. The molecule has 0 saturated carbocycles. The molecular weight excluding hydrogens is 298 g/mol. The predicted molar refractivity (Wildman–Crippen MR) is 83.2 cm³/mol. The van der Waals surface area contributed by atoms with Gasteiger partial charge in [-0.1, -0.05) is 46.3 Å². The molecule has 2 aromatic rings. The Morgan fingerprint density at radius 1 is 1.05 bits per heavy atom. The maximum Gasteiger partial charge on any atom is 0.0336 e. The van der Waals surface area contributed by atoms with Gasteiger partial charge in [0.15, 0.2) is 0 Å². The van der Waals surface area contributed by atoms with Crippen LogP contribution in [0.4, 0.5) is 0 Å². The molecule has 2 N–H and O–H groups in total. The fraction of sp³-hybridized carbons (Fsp3) is 0.294. The van der Waals surface area contributed by atoms with Gasteiger partial charge in [0.05, 0.1) is 0 Å². The zero-order chi connectivity index (χ0) is 13.2. The lowest BCUT2D eigenvalue weighted by Crippen LogP contribution is -2.13. The summed E-state index contributed by atoms with van der Waals surface area (Å²) < 4.78 is 1.09. The number of hydrogen-bond acceptors (Lipinski definition) is 1. The first-order chi connectivity index (χ1) is 9.22. The predicted octanol–water partition coefficient (Wildman–Crippen LogP) is 4.18. The average molecular weight is 316 g/mol. The molecule has 2 heteroatoms. The Morgan fingerprint density at radius 2 is 1.89 bits per heavy atom. The van der Waals surface area contributed by atoms with Crippen molar-refractivity contribution in [3.05, 3.63) is 69.2 Å². The van der Waals surface area contributed by atoms with Crippen molar-refractivity contribution in [1.82, 2.24) is 0 Å². The smallest absolute Gasteiger partial charge is 0.0336 e. The van der Waals surface area contributed by atoms with Crippen LogP contribution in [0.25, 0.3) is 0 Å². The third-order valence-electron chi connectivity index (χ3n) is 3.90. The molecule has 0 fully saturated rings. The van der Waals surface area contributed by atoms with Crippen LogP contribution in [0.1, 0.15) is 34.7 Å². The highest BCUT2D eigenvalue weighted by molar-refractivity contribution is 9.10. The van der Waals surface area contributed by atoms with Crippen molar-refractivity contribution in [2.75, 3.05) is 0 Å². The lowest BCUT2D eigenvalue weighted by Gasteiger charge is -2.13. The normalized spacial score (nSPS) is 15.3. The fourth-order valence-electron chi connectivity index (χ4n) is 2.86. The SMILES string of the molecule is NC(Cc1ccc2c(c1)CCC2)c1cccc(Br)c1. The summed E-state index contributed by atoms with van der Waals surface area (Å²) in [5.74, 6) is 0. The van der Waals surface area contributed by atoms with E-state index in [9.17, 15) is 0 Å². The van der Waals surface area contributed by atoms with E-state index in [-0.39, 0.29) is 6.04 Å². The zero-order valence-corrected chi connectivity index (χ0v) is 12.5. The molecule has 1 nitrogen and oxygen atoms in total. The van der Waals surface area contributed by atoms with E-state index >= 15 is 0 Å². The van der Waals surface area contributed by atoms with Crippen LogP contribution in [0, 0.1) is 0 Å². The molecule has 0 heterocycles. The molecule has 0 saturated heterocycles. The third kappa shape index (κ3) is 2.90. The highest BCUT2D eigenvalue weighted by Crippen LogP contribution is 2.25. The second-order valence-corrected chi connectivity index (χ2v) is 6.24. The Bertz CT molecular complexity index is 592.